The lowest BCUT2D eigenvalue weighted by atomic mass is 10.1. The number of ketones is 1. The van der Waals surface area contributed by atoms with E-state index in [1.165, 1.54) is 18.6 Å². The monoisotopic (exact) mass is 266 g/mol. The molecule has 0 amide bonds. The van der Waals surface area contributed by atoms with E-state index in [-0.39, 0.29) is 12.2 Å². The molecular weight excluding hydrogens is 259 g/mol. The molecule has 1 heterocycles. The van der Waals surface area contributed by atoms with Gasteiger partial charge in [-0.05, 0) is 17.7 Å². The fraction of sp³-hybridized carbons (Fsp3) is 0.0833. The minimum Gasteiger partial charge on any atom is -0.292 e. The molecule has 0 aliphatic heterocycles. The summed E-state index contributed by atoms with van der Waals surface area (Å²) < 4.78 is 0. The number of Topliss-reactive ketones (excluding diaryl/α,β-unsaturated/α-hetero) is 1. The van der Waals surface area contributed by atoms with Crippen LogP contribution in [0.25, 0.3) is 0 Å². The van der Waals surface area contributed by atoms with E-state index in [1.54, 1.807) is 18.2 Å². The molecule has 0 saturated carbocycles. The molecule has 0 aliphatic carbocycles. The fourth-order valence-corrected chi connectivity index (χ4v) is 1.93. The molecule has 0 fully saturated rings. The molecule has 0 spiro atoms. The molecule has 86 valence electrons. The van der Waals surface area contributed by atoms with Crippen molar-refractivity contribution in [2.75, 3.05) is 0 Å². The summed E-state index contributed by atoms with van der Waals surface area (Å²) in [5.41, 5.74) is 0.926. The third-order valence-electron chi connectivity index (χ3n) is 2.25. The zero-order valence-electron chi connectivity index (χ0n) is 8.73. The highest BCUT2D eigenvalue weighted by atomic mass is 35.5. The molecule has 0 aliphatic rings. The van der Waals surface area contributed by atoms with Crippen molar-refractivity contribution < 1.29 is 4.79 Å². The van der Waals surface area contributed by atoms with Crippen LogP contribution in [-0.2, 0) is 6.42 Å². The number of benzene rings is 1. The molecule has 2 rings (SSSR count). The van der Waals surface area contributed by atoms with Crippen LogP contribution >= 0.6 is 23.2 Å². The van der Waals surface area contributed by atoms with Crippen molar-refractivity contribution in [3.63, 3.8) is 0 Å². The largest absolute Gasteiger partial charge is 0.292 e. The molecular formula is C12H8Cl2N2O. The van der Waals surface area contributed by atoms with Crippen LogP contribution in [0.4, 0.5) is 0 Å². The molecule has 0 saturated heterocycles. The van der Waals surface area contributed by atoms with E-state index in [4.69, 9.17) is 23.2 Å². The molecule has 0 N–H and O–H groups in total. The van der Waals surface area contributed by atoms with Gasteiger partial charge in [0, 0.05) is 28.9 Å². The maximum Gasteiger partial charge on any atom is 0.187 e. The second-order valence-corrected chi connectivity index (χ2v) is 4.21. The molecule has 0 radical (unpaired) electrons. The van der Waals surface area contributed by atoms with Gasteiger partial charge in [-0.15, -0.1) is 0 Å². The molecule has 2 aromatic rings. The first kappa shape index (κ1) is 12.0. The number of carbonyl (C=O) groups is 1. The number of hydrogen-bond acceptors (Lipinski definition) is 3. The van der Waals surface area contributed by atoms with Crippen LogP contribution in [0.3, 0.4) is 0 Å². The van der Waals surface area contributed by atoms with E-state index in [9.17, 15) is 4.79 Å². The SMILES string of the molecule is O=C(Cc1c(Cl)cccc1Cl)c1cnccn1. The summed E-state index contributed by atoms with van der Waals surface area (Å²) in [5.74, 6) is -0.159. The van der Waals surface area contributed by atoms with Crippen LogP contribution in [0.2, 0.25) is 10.0 Å². The first-order valence-corrected chi connectivity index (χ1v) is 5.66. The van der Waals surface area contributed by atoms with Crippen LogP contribution in [-0.4, -0.2) is 15.8 Å². The van der Waals surface area contributed by atoms with Crippen molar-refractivity contribution in [2.45, 2.75) is 6.42 Å². The zero-order chi connectivity index (χ0) is 12.3. The number of aromatic nitrogens is 2. The second-order valence-electron chi connectivity index (χ2n) is 3.39. The summed E-state index contributed by atoms with van der Waals surface area (Å²) in [4.78, 5) is 19.7. The summed E-state index contributed by atoms with van der Waals surface area (Å²) >= 11 is 12.0. The Hall–Kier alpha value is -1.45. The third-order valence-corrected chi connectivity index (χ3v) is 2.96. The van der Waals surface area contributed by atoms with Crippen LogP contribution in [0.15, 0.2) is 36.8 Å². The smallest absolute Gasteiger partial charge is 0.187 e. The summed E-state index contributed by atoms with van der Waals surface area (Å²) in [7, 11) is 0. The number of nitrogens with zero attached hydrogens (tertiary/aromatic N) is 2. The number of carbonyl (C=O) groups excluding carboxylic acids is 1. The highest BCUT2D eigenvalue weighted by Crippen LogP contribution is 2.25. The quantitative estimate of drug-likeness (QED) is 0.802. The van der Waals surface area contributed by atoms with E-state index in [2.05, 4.69) is 9.97 Å². The van der Waals surface area contributed by atoms with Gasteiger partial charge in [0.1, 0.15) is 5.69 Å². The highest BCUT2D eigenvalue weighted by molar-refractivity contribution is 6.36. The van der Waals surface area contributed by atoms with Gasteiger partial charge in [-0.1, -0.05) is 29.3 Å². The maximum absolute atomic E-state index is 11.9. The molecule has 1 aromatic carbocycles. The van der Waals surface area contributed by atoms with Crippen LogP contribution in [0, 0.1) is 0 Å². The van der Waals surface area contributed by atoms with Crippen molar-refractivity contribution >= 4 is 29.0 Å². The summed E-state index contributed by atoms with van der Waals surface area (Å²) in [6.45, 7) is 0. The van der Waals surface area contributed by atoms with Gasteiger partial charge >= 0.3 is 0 Å². The molecule has 0 atom stereocenters. The first-order valence-electron chi connectivity index (χ1n) is 4.90. The first-order chi connectivity index (χ1) is 8.18. The lowest BCUT2D eigenvalue weighted by Crippen LogP contribution is -2.07. The topological polar surface area (TPSA) is 42.9 Å². The van der Waals surface area contributed by atoms with E-state index >= 15 is 0 Å². The zero-order valence-corrected chi connectivity index (χ0v) is 10.2. The van der Waals surface area contributed by atoms with Gasteiger partial charge in [0.15, 0.2) is 5.78 Å². The van der Waals surface area contributed by atoms with Gasteiger partial charge in [-0.25, -0.2) is 4.98 Å². The van der Waals surface area contributed by atoms with Gasteiger partial charge in [0.25, 0.3) is 0 Å². The van der Waals surface area contributed by atoms with Crippen molar-refractivity contribution in [3.05, 3.63) is 58.1 Å². The molecule has 0 unspecified atom stereocenters. The van der Waals surface area contributed by atoms with Gasteiger partial charge in [-0.2, -0.15) is 0 Å². The normalized spacial score (nSPS) is 10.2. The summed E-state index contributed by atoms with van der Waals surface area (Å²) in [5, 5.41) is 0.962. The van der Waals surface area contributed by atoms with Crippen LogP contribution in [0.5, 0.6) is 0 Å². The predicted octanol–water partition coefficient (Wildman–Crippen LogP) is 3.21. The predicted molar refractivity (Wildman–Crippen MR) is 66.5 cm³/mol. The fourth-order valence-electron chi connectivity index (χ4n) is 1.40. The minimum atomic E-state index is -0.159. The standard InChI is InChI=1S/C12H8Cl2N2O/c13-9-2-1-3-10(14)8(9)6-12(17)11-7-15-4-5-16-11/h1-5,7H,6H2. The Labute approximate surface area is 108 Å². The van der Waals surface area contributed by atoms with Crippen LogP contribution < -0.4 is 0 Å². The van der Waals surface area contributed by atoms with E-state index in [0.29, 0.717) is 21.3 Å². The summed E-state index contributed by atoms with van der Waals surface area (Å²) in [6, 6.07) is 5.14. The highest BCUT2D eigenvalue weighted by Gasteiger charge is 2.13. The van der Waals surface area contributed by atoms with E-state index in [0.717, 1.165) is 0 Å². The lowest BCUT2D eigenvalue weighted by Gasteiger charge is -2.05. The molecule has 3 nitrogen and oxygen atoms in total. The average Bonchev–Trinajstić information content (AvgIpc) is 2.35. The van der Waals surface area contributed by atoms with Crippen molar-refractivity contribution in [1.29, 1.82) is 0 Å². The summed E-state index contributed by atoms with van der Waals surface area (Å²) in [6.07, 6.45) is 4.53. The van der Waals surface area contributed by atoms with Crippen molar-refractivity contribution in [2.24, 2.45) is 0 Å². The van der Waals surface area contributed by atoms with Gasteiger partial charge < -0.3 is 0 Å². The van der Waals surface area contributed by atoms with Crippen molar-refractivity contribution in [3.8, 4) is 0 Å². The Bertz CT molecular complexity index is 523. The second kappa shape index (κ2) is 5.25. The van der Waals surface area contributed by atoms with Crippen LogP contribution in [0.1, 0.15) is 16.1 Å². The third kappa shape index (κ3) is 2.81. The van der Waals surface area contributed by atoms with Gasteiger partial charge in [0.05, 0.1) is 6.20 Å². The Morgan fingerprint density at radius 2 is 1.88 bits per heavy atom. The molecule has 17 heavy (non-hydrogen) atoms. The van der Waals surface area contributed by atoms with Gasteiger partial charge in [-0.3, -0.25) is 9.78 Å². The maximum atomic E-state index is 11.9. The van der Waals surface area contributed by atoms with Gasteiger partial charge in [0.2, 0.25) is 0 Å². The van der Waals surface area contributed by atoms with E-state index in [1.807, 2.05) is 0 Å². The molecule has 0 bridgehead atoms. The Balaban J connectivity index is 2.25. The Morgan fingerprint density at radius 1 is 1.18 bits per heavy atom. The van der Waals surface area contributed by atoms with E-state index < -0.39 is 0 Å². The Kier molecular flexibility index (Phi) is 3.71. The minimum absolute atomic E-state index is 0.122. The average molecular weight is 267 g/mol. The lowest BCUT2D eigenvalue weighted by molar-refractivity contribution is 0.0988. The van der Waals surface area contributed by atoms with Crippen molar-refractivity contribution in [1.82, 2.24) is 9.97 Å². The molecule has 5 heteroatoms. The molecule has 1 aromatic heterocycles. The number of hydrogen-bond donors (Lipinski definition) is 0. The number of halogens is 2. The number of rotatable bonds is 3. The Morgan fingerprint density at radius 3 is 2.47 bits per heavy atom.